The molecule has 0 unspecified atom stereocenters. The van der Waals surface area contributed by atoms with E-state index in [1.807, 2.05) is 26.2 Å². The maximum atomic E-state index is 4.89. The van der Waals surface area contributed by atoms with Gasteiger partial charge >= 0.3 is 0 Å². The summed E-state index contributed by atoms with van der Waals surface area (Å²) in [6, 6.07) is 0. The van der Waals surface area contributed by atoms with E-state index in [1.54, 1.807) is 0 Å². The third-order valence-electron chi connectivity index (χ3n) is 0.784. The minimum Gasteiger partial charge on any atom is -0.394 e. The predicted molar refractivity (Wildman–Crippen MR) is 41.1 cm³/mol. The van der Waals surface area contributed by atoms with Crippen LogP contribution < -0.4 is 5.32 Å². The second kappa shape index (κ2) is 4.78. The highest BCUT2D eigenvalue weighted by molar-refractivity contribution is 7.80. The van der Waals surface area contributed by atoms with Crippen LogP contribution in [0.2, 0.25) is 0 Å². The van der Waals surface area contributed by atoms with Crippen LogP contribution in [-0.2, 0) is 0 Å². The zero-order chi connectivity index (χ0) is 6.41. The second-order valence-electron chi connectivity index (χ2n) is 1.44. The maximum Gasteiger partial charge on any atom is 0.0163 e. The molecule has 0 aromatic heterocycles. The normalized spacial score (nSPS) is 9.75. The monoisotopic (exact) mass is 129 g/mol. The fourth-order valence-electron chi connectivity index (χ4n) is 0.294. The van der Waals surface area contributed by atoms with E-state index in [1.165, 1.54) is 0 Å². The third-order valence-corrected chi connectivity index (χ3v) is 1.21. The molecule has 1 N–H and O–H groups in total. The van der Waals surface area contributed by atoms with Gasteiger partial charge in [-0.05, 0) is 18.7 Å². The molecule has 1 nitrogen and oxygen atoms in total. The van der Waals surface area contributed by atoms with Crippen LogP contribution in [0.3, 0.4) is 0 Å². The van der Waals surface area contributed by atoms with Crippen LogP contribution >= 0.6 is 12.2 Å². The highest BCUT2D eigenvalue weighted by atomic mass is 32.1. The van der Waals surface area contributed by atoms with Crippen LogP contribution in [0.15, 0.2) is 12.3 Å². The Morgan fingerprint density at radius 3 is 2.75 bits per heavy atom. The van der Waals surface area contributed by atoms with Crippen LogP contribution in [0.1, 0.15) is 13.3 Å². The van der Waals surface area contributed by atoms with Crippen molar-refractivity contribution in [1.82, 2.24) is 5.32 Å². The average Bonchev–Trinajstić information content (AvgIpc) is 1.83. The highest BCUT2D eigenvalue weighted by Gasteiger charge is 1.79. The third kappa shape index (κ3) is 3.81. The molecule has 2 heteroatoms. The molecule has 0 heterocycles. The van der Waals surface area contributed by atoms with Crippen molar-refractivity contribution >= 4 is 17.1 Å². The van der Waals surface area contributed by atoms with Gasteiger partial charge in [-0.3, -0.25) is 0 Å². The molecule has 0 saturated heterocycles. The molecular weight excluding hydrogens is 118 g/mol. The van der Waals surface area contributed by atoms with E-state index in [9.17, 15) is 0 Å². The van der Waals surface area contributed by atoms with Gasteiger partial charge < -0.3 is 5.32 Å². The van der Waals surface area contributed by atoms with Gasteiger partial charge in [-0.1, -0.05) is 19.1 Å². The first-order valence-electron chi connectivity index (χ1n) is 2.68. The number of nitrogens with one attached hydrogen (secondary N) is 1. The van der Waals surface area contributed by atoms with E-state index in [4.69, 9.17) is 12.2 Å². The molecule has 0 amide bonds. The zero-order valence-corrected chi connectivity index (χ0v) is 6.09. The number of thiocarbonyl (C=S) groups is 1. The summed E-state index contributed by atoms with van der Waals surface area (Å²) in [6.07, 6.45) is 4.69. The fourth-order valence-corrected chi connectivity index (χ4v) is 0.362. The topological polar surface area (TPSA) is 12.0 Å². The molecule has 0 aliphatic rings. The molecule has 0 aliphatic heterocycles. The van der Waals surface area contributed by atoms with E-state index in [2.05, 4.69) is 5.32 Å². The Bertz CT molecular complexity index is 96.7. The van der Waals surface area contributed by atoms with Gasteiger partial charge in [-0.15, -0.1) is 0 Å². The molecule has 0 aromatic rings. The Balaban J connectivity index is 3.37. The first-order valence-corrected chi connectivity index (χ1v) is 3.08. The summed E-state index contributed by atoms with van der Waals surface area (Å²) in [5.74, 6) is 0. The Morgan fingerprint density at radius 2 is 2.38 bits per heavy atom. The van der Waals surface area contributed by atoms with E-state index >= 15 is 0 Å². The minimum atomic E-state index is 0.952. The summed E-state index contributed by atoms with van der Waals surface area (Å²) in [6.45, 7) is 2.04. The van der Waals surface area contributed by atoms with Crippen molar-refractivity contribution < 1.29 is 0 Å². The van der Waals surface area contributed by atoms with Crippen molar-refractivity contribution in [2.24, 2.45) is 0 Å². The quantitative estimate of drug-likeness (QED) is 0.458. The summed E-state index contributed by atoms with van der Waals surface area (Å²) in [5.41, 5.74) is 0. The SMILES string of the molecule is CCC(=S)/C=C/NC. The molecule has 0 rings (SSSR count). The molecule has 0 aliphatic carbocycles. The molecule has 0 fully saturated rings. The molecule has 0 aromatic carbocycles. The van der Waals surface area contributed by atoms with E-state index in [0.29, 0.717) is 0 Å². The Labute approximate surface area is 55.8 Å². The highest BCUT2D eigenvalue weighted by Crippen LogP contribution is 1.84. The molecule has 8 heavy (non-hydrogen) atoms. The molecule has 0 bridgehead atoms. The van der Waals surface area contributed by atoms with Gasteiger partial charge in [0.1, 0.15) is 0 Å². The smallest absolute Gasteiger partial charge is 0.0163 e. The molecule has 0 atom stereocenters. The van der Waals surface area contributed by atoms with Crippen LogP contribution in [0.4, 0.5) is 0 Å². The molecular formula is C6H11NS. The average molecular weight is 129 g/mol. The second-order valence-corrected chi connectivity index (χ2v) is 1.97. The number of hydrogen-bond donors (Lipinski definition) is 1. The standard InChI is InChI=1S/C6H11NS/c1-3-6(8)4-5-7-2/h4-5,7H,3H2,1-2H3/b5-4+. The number of rotatable bonds is 3. The van der Waals surface area contributed by atoms with Gasteiger partial charge in [0.15, 0.2) is 0 Å². The first kappa shape index (κ1) is 7.63. The summed E-state index contributed by atoms with van der Waals surface area (Å²) in [5, 5.41) is 2.86. The van der Waals surface area contributed by atoms with Crippen LogP contribution in [0.25, 0.3) is 0 Å². The Morgan fingerprint density at radius 1 is 1.75 bits per heavy atom. The van der Waals surface area contributed by atoms with E-state index in [0.717, 1.165) is 11.3 Å². The van der Waals surface area contributed by atoms with Gasteiger partial charge in [-0.2, -0.15) is 0 Å². The lowest BCUT2D eigenvalue weighted by molar-refractivity contribution is 1.10. The van der Waals surface area contributed by atoms with Gasteiger partial charge in [-0.25, -0.2) is 0 Å². The lowest BCUT2D eigenvalue weighted by atomic mass is 10.3. The summed E-state index contributed by atoms with van der Waals surface area (Å²) >= 11 is 4.89. The zero-order valence-electron chi connectivity index (χ0n) is 5.27. The number of allylic oxidation sites excluding steroid dienone is 1. The van der Waals surface area contributed by atoms with Crippen molar-refractivity contribution in [1.29, 1.82) is 0 Å². The minimum absolute atomic E-state index is 0.952. The van der Waals surface area contributed by atoms with Crippen molar-refractivity contribution in [3.8, 4) is 0 Å². The van der Waals surface area contributed by atoms with Crippen molar-refractivity contribution in [3.63, 3.8) is 0 Å². The summed E-state index contributed by atoms with van der Waals surface area (Å²) in [7, 11) is 1.86. The fraction of sp³-hybridized carbons (Fsp3) is 0.500. The van der Waals surface area contributed by atoms with Crippen molar-refractivity contribution in [3.05, 3.63) is 12.3 Å². The van der Waals surface area contributed by atoms with Gasteiger partial charge in [0, 0.05) is 11.9 Å². The molecule has 46 valence electrons. The Hall–Kier alpha value is -0.370. The summed E-state index contributed by atoms with van der Waals surface area (Å²) < 4.78 is 0. The lowest BCUT2D eigenvalue weighted by Gasteiger charge is -1.87. The van der Waals surface area contributed by atoms with Crippen molar-refractivity contribution in [2.45, 2.75) is 13.3 Å². The molecule has 0 saturated carbocycles. The molecule has 0 radical (unpaired) electrons. The van der Waals surface area contributed by atoms with Gasteiger partial charge in [0.25, 0.3) is 0 Å². The van der Waals surface area contributed by atoms with Crippen molar-refractivity contribution in [2.75, 3.05) is 7.05 Å². The number of hydrogen-bond acceptors (Lipinski definition) is 2. The van der Waals surface area contributed by atoms with Crippen LogP contribution in [0.5, 0.6) is 0 Å². The van der Waals surface area contributed by atoms with Gasteiger partial charge in [0.2, 0.25) is 0 Å². The predicted octanol–water partition coefficient (Wildman–Crippen LogP) is 1.50. The Kier molecular flexibility index (Phi) is 4.56. The lowest BCUT2D eigenvalue weighted by Crippen LogP contribution is -1.94. The van der Waals surface area contributed by atoms with Gasteiger partial charge in [0.05, 0.1) is 0 Å². The van der Waals surface area contributed by atoms with Crippen LogP contribution in [-0.4, -0.2) is 11.9 Å². The largest absolute Gasteiger partial charge is 0.394 e. The van der Waals surface area contributed by atoms with E-state index in [-0.39, 0.29) is 0 Å². The first-order chi connectivity index (χ1) is 3.81. The van der Waals surface area contributed by atoms with E-state index < -0.39 is 0 Å². The molecule has 0 spiro atoms. The maximum absolute atomic E-state index is 4.89. The summed E-state index contributed by atoms with van der Waals surface area (Å²) in [4.78, 5) is 0.986. The van der Waals surface area contributed by atoms with Crippen LogP contribution in [0, 0.1) is 0 Å².